The van der Waals surface area contributed by atoms with Crippen LogP contribution in [0.5, 0.6) is 5.75 Å². The summed E-state index contributed by atoms with van der Waals surface area (Å²) in [6.07, 6.45) is 4.86. The maximum absolute atomic E-state index is 12.4. The Hall–Kier alpha value is -3.76. The lowest BCUT2D eigenvalue weighted by Crippen LogP contribution is -2.38. The van der Waals surface area contributed by atoms with Gasteiger partial charge in [-0.3, -0.25) is 4.79 Å². The highest BCUT2D eigenvalue weighted by Gasteiger charge is 2.28. The molecule has 0 radical (unpaired) electrons. The number of hydrogen-bond acceptors (Lipinski definition) is 8. The van der Waals surface area contributed by atoms with Crippen LogP contribution < -0.4 is 9.64 Å². The normalized spacial score (nSPS) is 16.3. The van der Waals surface area contributed by atoms with Gasteiger partial charge in [0.25, 0.3) is 0 Å². The first-order valence-electron chi connectivity index (χ1n) is 13.1. The van der Waals surface area contributed by atoms with Crippen LogP contribution in [0.4, 0.5) is 5.82 Å². The minimum atomic E-state index is -0.412. The number of aliphatic hydroxyl groups excluding tert-OH is 1. The number of aliphatic hydroxyl groups is 1. The standard InChI is InChI=1S/C28H34N6O4/c1-3-37-22(15-35)14-33(19(2)36)13-20-10-11-25(24-9-5-4-8-23(20)24)38-16-21-7-6-12-34(21)28-26-27(30-17-29-26)31-18-32-28/h4-5,8-11,17-18,21-22,35H,3,6-7,12-16H2,1-2H3,(H,29,30,31,32). The Morgan fingerprint density at radius 2 is 2.05 bits per heavy atom. The van der Waals surface area contributed by atoms with Gasteiger partial charge in [-0.1, -0.05) is 30.3 Å². The molecule has 1 fully saturated rings. The van der Waals surface area contributed by atoms with E-state index in [0.717, 1.165) is 52.8 Å². The highest BCUT2D eigenvalue weighted by molar-refractivity contribution is 5.91. The number of amides is 1. The summed E-state index contributed by atoms with van der Waals surface area (Å²) in [5.41, 5.74) is 2.52. The van der Waals surface area contributed by atoms with Crippen LogP contribution in [0, 0.1) is 0 Å². The second kappa shape index (κ2) is 11.7. The Labute approximate surface area is 221 Å². The number of benzene rings is 2. The summed E-state index contributed by atoms with van der Waals surface area (Å²) in [7, 11) is 0. The smallest absolute Gasteiger partial charge is 0.219 e. The van der Waals surface area contributed by atoms with Gasteiger partial charge in [0.1, 0.15) is 24.2 Å². The molecule has 5 rings (SSSR count). The molecule has 1 aliphatic heterocycles. The zero-order valence-corrected chi connectivity index (χ0v) is 21.8. The van der Waals surface area contributed by atoms with Gasteiger partial charge < -0.3 is 29.4 Å². The van der Waals surface area contributed by atoms with Gasteiger partial charge in [0.15, 0.2) is 11.5 Å². The number of rotatable bonds is 11. The SMILES string of the molecule is CCOC(CO)CN(Cc1ccc(OCC2CCCN2c2ncnc3nc[nH]c23)c2ccccc12)C(C)=O. The van der Waals surface area contributed by atoms with Gasteiger partial charge in [-0.05, 0) is 36.8 Å². The molecule has 10 nitrogen and oxygen atoms in total. The Morgan fingerprint density at radius 1 is 1.21 bits per heavy atom. The fourth-order valence-electron chi connectivity index (χ4n) is 5.20. The Bertz CT molecular complexity index is 1390. The van der Waals surface area contributed by atoms with Crippen LogP contribution in [-0.2, 0) is 16.1 Å². The number of H-pyrrole nitrogens is 1. The number of hydrogen-bond donors (Lipinski definition) is 2. The summed E-state index contributed by atoms with van der Waals surface area (Å²) in [6, 6.07) is 12.3. The van der Waals surface area contributed by atoms with Crippen LogP contribution in [0.25, 0.3) is 21.9 Å². The van der Waals surface area contributed by atoms with E-state index in [1.165, 1.54) is 0 Å². The topological polar surface area (TPSA) is 117 Å². The Kier molecular flexibility index (Phi) is 8.00. The fourth-order valence-corrected chi connectivity index (χ4v) is 5.20. The number of nitrogens with zero attached hydrogens (tertiary/aromatic N) is 5. The first kappa shape index (κ1) is 25.9. The summed E-state index contributed by atoms with van der Waals surface area (Å²) in [4.78, 5) is 32.6. The molecule has 38 heavy (non-hydrogen) atoms. The van der Waals surface area contributed by atoms with Crippen LogP contribution in [0.1, 0.15) is 32.3 Å². The minimum Gasteiger partial charge on any atom is -0.491 e. The largest absolute Gasteiger partial charge is 0.491 e. The molecule has 3 heterocycles. The molecule has 1 aliphatic rings. The van der Waals surface area contributed by atoms with E-state index in [0.29, 0.717) is 32.0 Å². The number of carbonyl (C=O) groups excluding carboxylic acids is 1. The average Bonchev–Trinajstić information content (AvgIpc) is 3.61. The number of fused-ring (bicyclic) bond motifs is 2. The highest BCUT2D eigenvalue weighted by Crippen LogP contribution is 2.32. The zero-order chi connectivity index (χ0) is 26.5. The molecular formula is C28H34N6O4. The van der Waals surface area contributed by atoms with Gasteiger partial charge in [-0.15, -0.1) is 0 Å². The number of carbonyl (C=O) groups is 1. The molecule has 2 N–H and O–H groups in total. The number of anilines is 1. The molecule has 10 heteroatoms. The molecule has 200 valence electrons. The van der Waals surface area contributed by atoms with Gasteiger partial charge in [-0.25, -0.2) is 15.0 Å². The van der Waals surface area contributed by atoms with E-state index >= 15 is 0 Å². The fraction of sp³-hybridized carbons (Fsp3) is 0.429. The molecule has 0 bridgehead atoms. The lowest BCUT2D eigenvalue weighted by atomic mass is 10.0. The van der Waals surface area contributed by atoms with Gasteiger partial charge in [0.05, 0.1) is 25.1 Å². The summed E-state index contributed by atoms with van der Waals surface area (Å²) in [5, 5.41) is 11.7. The first-order chi connectivity index (χ1) is 18.6. The average molecular weight is 519 g/mol. The molecule has 4 aromatic rings. The summed E-state index contributed by atoms with van der Waals surface area (Å²) in [5.74, 6) is 1.60. The van der Waals surface area contributed by atoms with Crippen molar-refractivity contribution in [2.45, 2.75) is 45.4 Å². The van der Waals surface area contributed by atoms with Crippen molar-refractivity contribution in [2.75, 3.05) is 37.8 Å². The lowest BCUT2D eigenvalue weighted by Gasteiger charge is -2.27. The van der Waals surface area contributed by atoms with E-state index in [9.17, 15) is 9.90 Å². The molecule has 1 amide bonds. The van der Waals surface area contributed by atoms with E-state index in [1.54, 1.807) is 24.5 Å². The van der Waals surface area contributed by atoms with Crippen molar-refractivity contribution in [1.29, 1.82) is 0 Å². The number of aromatic nitrogens is 4. The molecule has 0 saturated carbocycles. The van der Waals surface area contributed by atoms with Crippen LogP contribution in [0.15, 0.2) is 49.1 Å². The first-order valence-corrected chi connectivity index (χ1v) is 13.1. The molecule has 2 atom stereocenters. The molecule has 2 aromatic carbocycles. The van der Waals surface area contributed by atoms with E-state index in [2.05, 4.69) is 30.9 Å². The van der Waals surface area contributed by atoms with Crippen molar-refractivity contribution < 1.29 is 19.4 Å². The Balaban J connectivity index is 1.34. The predicted molar refractivity (Wildman–Crippen MR) is 145 cm³/mol. The van der Waals surface area contributed by atoms with Crippen molar-refractivity contribution in [3.05, 3.63) is 54.6 Å². The number of ether oxygens (including phenoxy) is 2. The molecule has 2 aromatic heterocycles. The van der Waals surface area contributed by atoms with Crippen LogP contribution >= 0.6 is 0 Å². The summed E-state index contributed by atoms with van der Waals surface area (Å²) < 4.78 is 12.0. The highest BCUT2D eigenvalue weighted by atomic mass is 16.5. The number of nitrogens with one attached hydrogen (secondary N) is 1. The van der Waals surface area contributed by atoms with Gasteiger partial charge >= 0.3 is 0 Å². The summed E-state index contributed by atoms with van der Waals surface area (Å²) in [6.45, 7) is 5.94. The zero-order valence-electron chi connectivity index (χ0n) is 21.8. The third-order valence-electron chi connectivity index (χ3n) is 7.09. The minimum absolute atomic E-state index is 0.0648. The van der Waals surface area contributed by atoms with E-state index in [-0.39, 0.29) is 18.6 Å². The molecule has 2 unspecified atom stereocenters. The van der Waals surface area contributed by atoms with Crippen LogP contribution in [0.3, 0.4) is 0 Å². The van der Waals surface area contributed by atoms with Gasteiger partial charge in [0.2, 0.25) is 5.91 Å². The van der Waals surface area contributed by atoms with Gasteiger partial charge in [0, 0.05) is 38.6 Å². The van der Waals surface area contributed by atoms with E-state index in [1.807, 2.05) is 37.3 Å². The number of imidazole rings is 1. The summed E-state index contributed by atoms with van der Waals surface area (Å²) >= 11 is 0. The monoisotopic (exact) mass is 518 g/mol. The van der Waals surface area contributed by atoms with E-state index < -0.39 is 6.10 Å². The molecule has 0 spiro atoms. The maximum atomic E-state index is 12.4. The predicted octanol–water partition coefficient (Wildman–Crippen LogP) is 3.30. The van der Waals surface area contributed by atoms with Gasteiger partial charge in [-0.2, -0.15) is 0 Å². The van der Waals surface area contributed by atoms with Crippen molar-refractivity contribution in [1.82, 2.24) is 24.8 Å². The third-order valence-corrected chi connectivity index (χ3v) is 7.09. The molecular weight excluding hydrogens is 484 g/mol. The van der Waals surface area contributed by atoms with Crippen molar-refractivity contribution in [3.63, 3.8) is 0 Å². The van der Waals surface area contributed by atoms with Crippen LogP contribution in [-0.4, -0.2) is 80.9 Å². The van der Waals surface area contributed by atoms with E-state index in [4.69, 9.17) is 9.47 Å². The quantitative estimate of drug-likeness (QED) is 0.311. The molecule has 1 saturated heterocycles. The lowest BCUT2D eigenvalue weighted by molar-refractivity contribution is -0.132. The van der Waals surface area contributed by atoms with Crippen molar-refractivity contribution in [3.8, 4) is 5.75 Å². The molecule has 0 aliphatic carbocycles. The third kappa shape index (κ3) is 5.41. The second-order valence-electron chi connectivity index (χ2n) is 9.53. The van der Waals surface area contributed by atoms with Crippen molar-refractivity contribution in [2.24, 2.45) is 0 Å². The van der Waals surface area contributed by atoms with Crippen LogP contribution in [0.2, 0.25) is 0 Å². The van der Waals surface area contributed by atoms with Crippen molar-refractivity contribution >= 4 is 33.7 Å². The second-order valence-corrected chi connectivity index (χ2v) is 9.53. The Morgan fingerprint density at radius 3 is 2.84 bits per heavy atom. The maximum Gasteiger partial charge on any atom is 0.219 e. The number of aromatic amines is 1.